The van der Waals surface area contributed by atoms with Gasteiger partial charge in [0.05, 0.1) is 18.1 Å². The largest absolute Gasteiger partial charge is 0.493 e. The van der Waals surface area contributed by atoms with Gasteiger partial charge in [-0.05, 0) is 51.3 Å². The highest BCUT2D eigenvalue weighted by molar-refractivity contribution is 5.94. The molecule has 2 fully saturated rings. The molecule has 2 aliphatic heterocycles. The van der Waals surface area contributed by atoms with Crippen LogP contribution in [-0.4, -0.2) is 43.3 Å². The number of piperidine rings is 1. The van der Waals surface area contributed by atoms with Crippen LogP contribution >= 0.6 is 0 Å². The number of Topliss-reactive ketones (excluding diaryl/α,β-unsaturated/α-hetero) is 1. The fraction of sp³-hybridized carbons (Fsp3) is 0.650. The van der Waals surface area contributed by atoms with Crippen LogP contribution < -0.4 is 14.8 Å². The van der Waals surface area contributed by atoms with E-state index in [2.05, 4.69) is 11.4 Å². The quantitative estimate of drug-likeness (QED) is 0.911. The summed E-state index contributed by atoms with van der Waals surface area (Å²) in [5.74, 6) is 1.68. The van der Waals surface area contributed by atoms with Crippen molar-refractivity contribution in [3.05, 3.63) is 23.3 Å². The maximum Gasteiger partial charge on any atom is 0.177 e. The molecule has 1 unspecified atom stereocenters. The molecule has 1 saturated carbocycles. The van der Waals surface area contributed by atoms with E-state index in [0.29, 0.717) is 13.0 Å². The van der Waals surface area contributed by atoms with Gasteiger partial charge in [0, 0.05) is 24.6 Å². The van der Waals surface area contributed by atoms with E-state index in [-0.39, 0.29) is 11.8 Å². The summed E-state index contributed by atoms with van der Waals surface area (Å²) in [6.45, 7) is 5.55. The van der Waals surface area contributed by atoms with Crippen molar-refractivity contribution in [2.24, 2.45) is 0 Å². The first-order chi connectivity index (χ1) is 12.0. The average Bonchev–Trinajstić information content (AvgIpc) is 2.87. The Morgan fingerprint density at radius 1 is 1.36 bits per heavy atom. The van der Waals surface area contributed by atoms with Crippen molar-refractivity contribution in [3.8, 4) is 11.5 Å². The first kappa shape index (κ1) is 15.6. The summed E-state index contributed by atoms with van der Waals surface area (Å²) in [7, 11) is 1.66. The molecule has 1 spiro atoms. The van der Waals surface area contributed by atoms with E-state index in [4.69, 9.17) is 14.2 Å². The number of carbonyl (C=O) groups excluding carboxylic acids is 1. The average molecular weight is 343 g/mol. The number of carbonyl (C=O) groups is 1. The minimum atomic E-state index is -0.882. The second-order valence-electron chi connectivity index (χ2n) is 7.88. The molecule has 5 heteroatoms. The summed E-state index contributed by atoms with van der Waals surface area (Å²) in [6.07, 6.45) is 3.01. The molecule has 4 aliphatic rings. The number of ether oxygens (including phenoxy) is 3. The van der Waals surface area contributed by atoms with Gasteiger partial charge in [-0.25, -0.2) is 0 Å². The number of rotatable bonds is 3. The molecule has 4 atom stereocenters. The molecule has 2 bridgehead atoms. The Morgan fingerprint density at radius 3 is 2.96 bits per heavy atom. The van der Waals surface area contributed by atoms with Gasteiger partial charge in [0.15, 0.2) is 22.9 Å². The van der Waals surface area contributed by atoms with Gasteiger partial charge in [-0.3, -0.25) is 4.79 Å². The molecule has 0 aromatic heterocycles. The van der Waals surface area contributed by atoms with Gasteiger partial charge in [0.25, 0.3) is 0 Å². The first-order valence-electron chi connectivity index (χ1n) is 9.34. The van der Waals surface area contributed by atoms with Crippen LogP contribution in [0.15, 0.2) is 12.1 Å². The van der Waals surface area contributed by atoms with E-state index < -0.39 is 16.6 Å². The Kier molecular flexibility index (Phi) is 2.99. The standard InChI is InChI=1S/C20H25NO4/c1-4-24-20-8-7-15(22)18(2)19(20)9-10-21-14(20)11-12-5-6-13(23-3)17(25-18)16(12)19/h5-6,14,21H,4,7-11H2,1-3H3/t14-,18?,19+,20-/m1/s1. The van der Waals surface area contributed by atoms with Crippen molar-refractivity contribution in [1.82, 2.24) is 5.32 Å². The van der Waals surface area contributed by atoms with Gasteiger partial charge < -0.3 is 19.5 Å². The predicted molar refractivity (Wildman–Crippen MR) is 92.4 cm³/mol. The van der Waals surface area contributed by atoms with E-state index in [1.807, 2.05) is 19.9 Å². The molecule has 1 N–H and O–H groups in total. The molecule has 5 rings (SSSR count). The maximum absolute atomic E-state index is 13.1. The Labute approximate surface area is 148 Å². The minimum Gasteiger partial charge on any atom is -0.493 e. The first-order valence-corrected chi connectivity index (χ1v) is 9.34. The van der Waals surface area contributed by atoms with E-state index >= 15 is 0 Å². The van der Waals surface area contributed by atoms with Crippen LogP contribution in [0.1, 0.15) is 44.2 Å². The lowest BCUT2D eigenvalue weighted by molar-refractivity contribution is -0.207. The maximum atomic E-state index is 13.1. The number of nitrogens with one attached hydrogen (secondary N) is 1. The van der Waals surface area contributed by atoms with Gasteiger partial charge in [-0.1, -0.05) is 6.07 Å². The van der Waals surface area contributed by atoms with Crippen molar-refractivity contribution in [2.75, 3.05) is 20.3 Å². The van der Waals surface area contributed by atoms with Crippen LogP contribution in [-0.2, 0) is 21.4 Å². The SMILES string of the molecule is CCO[C@@]12CCC(=O)C3(C)Oc4c(OC)ccc5c4[C@@]31CCN[C@@H]2C5. The lowest BCUT2D eigenvalue weighted by Gasteiger charge is -2.64. The number of methoxy groups -OCH3 is 1. The molecular formula is C20H25NO4. The monoisotopic (exact) mass is 343 g/mol. The van der Waals surface area contributed by atoms with E-state index in [1.54, 1.807) is 7.11 Å². The Bertz CT molecular complexity index is 777. The van der Waals surface area contributed by atoms with Crippen LogP contribution in [0.4, 0.5) is 0 Å². The van der Waals surface area contributed by atoms with Gasteiger partial charge in [-0.2, -0.15) is 0 Å². The zero-order valence-corrected chi connectivity index (χ0v) is 15.1. The molecule has 0 radical (unpaired) electrons. The van der Waals surface area contributed by atoms with Crippen molar-refractivity contribution in [3.63, 3.8) is 0 Å². The van der Waals surface area contributed by atoms with Gasteiger partial charge in [0.2, 0.25) is 0 Å². The van der Waals surface area contributed by atoms with Gasteiger partial charge in [-0.15, -0.1) is 0 Å². The molecule has 25 heavy (non-hydrogen) atoms. The van der Waals surface area contributed by atoms with E-state index in [9.17, 15) is 4.79 Å². The summed E-state index contributed by atoms with van der Waals surface area (Å²) in [5, 5.41) is 3.69. The molecule has 1 saturated heterocycles. The fourth-order valence-electron chi connectivity index (χ4n) is 6.35. The second-order valence-corrected chi connectivity index (χ2v) is 7.88. The highest BCUT2D eigenvalue weighted by Crippen LogP contribution is 2.68. The van der Waals surface area contributed by atoms with Crippen LogP contribution in [0.25, 0.3) is 0 Å². The number of ketones is 1. The van der Waals surface area contributed by atoms with Crippen molar-refractivity contribution in [2.45, 2.75) is 62.2 Å². The highest BCUT2D eigenvalue weighted by Gasteiger charge is 2.77. The lowest BCUT2D eigenvalue weighted by Crippen LogP contribution is -2.80. The van der Waals surface area contributed by atoms with Crippen molar-refractivity contribution >= 4 is 5.78 Å². The smallest absolute Gasteiger partial charge is 0.177 e. The fourth-order valence-corrected chi connectivity index (χ4v) is 6.35. The zero-order valence-electron chi connectivity index (χ0n) is 15.1. The molecule has 2 heterocycles. The van der Waals surface area contributed by atoms with Crippen LogP contribution in [0.5, 0.6) is 11.5 Å². The van der Waals surface area contributed by atoms with Crippen LogP contribution in [0.2, 0.25) is 0 Å². The second kappa shape index (κ2) is 4.77. The molecule has 0 amide bonds. The van der Waals surface area contributed by atoms with E-state index in [0.717, 1.165) is 37.3 Å². The third-order valence-electron chi connectivity index (χ3n) is 7.23. The number of benzene rings is 1. The lowest BCUT2D eigenvalue weighted by atomic mass is 9.45. The van der Waals surface area contributed by atoms with Crippen molar-refractivity contribution < 1.29 is 19.0 Å². The number of hydrogen-bond acceptors (Lipinski definition) is 5. The minimum absolute atomic E-state index is 0.189. The summed E-state index contributed by atoms with van der Waals surface area (Å²) in [6, 6.07) is 4.33. The predicted octanol–water partition coefficient (Wildman–Crippen LogP) is 2.14. The third-order valence-corrected chi connectivity index (χ3v) is 7.23. The normalized spacial score (nSPS) is 40.4. The summed E-state index contributed by atoms with van der Waals surface area (Å²) >= 11 is 0. The number of hydrogen-bond donors (Lipinski definition) is 1. The molecule has 134 valence electrons. The highest BCUT2D eigenvalue weighted by atomic mass is 16.5. The third kappa shape index (κ3) is 1.48. The van der Waals surface area contributed by atoms with Crippen LogP contribution in [0.3, 0.4) is 0 Å². The van der Waals surface area contributed by atoms with Gasteiger partial charge >= 0.3 is 0 Å². The summed E-state index contributed by atoms with van der Waals surface area (Å²) in [5.41, 5.74) is 0.731. The molecule has 5 nitrogen and oxygen atoms in total. The zero-order chi connectivity index (χ0) is 17.4. The summed E-state index contributed by atoms with van der Waals surface area (Å²) < 4.78 is 18.6. The summed E-state index contributed by atoms with van der Waals surface area (Å²) in [4.78, 5) is 13.1. The Morgan fingerprint density at radius 2 is 2.20 bits per heavy atom. The molecule has 1 aromatic rings. The topological polar surface area (TPSA) is 56.8 Å². The molecule has 1 aromatic carbocycles. The van der Waals surface area contributed by atoms with Crippen molar-refractivity contribution in [1.29, 1.82) is 0 Å². The molecule has 2 aliphatic carbocycles. The molecular weight excluding hydrogens is 318 g/mol. The van der Waals surface area contributed by atoms with E-state index in [1.165, 1.54) is 11.1 Å². The Hall–Kier alpha value is -1.59. The van der Waals surface area contributed by atoms with Crippen LogP contribution in [0, 0.1) is 0 Å². The Balaban J connectivity index is 1.89. The van der Waals surface area contributed by atoms with Gasteiger partial charge in [0.1, 0.15) is 0 Å².